The molecule has 0 bridgehead atoms. The molecule has 0 radical (unpaired) electrons. The molecule has 1 atom stereocenters. The van der Waals surface area contributed by atoms with E-state index in [1.54, 1.807) is 12.1 Å². The van der Waals surface area contributed by atoms with E-state index in [4.69, 9.17) is 5.73 Å². The molecule has 0 saturated heterocycles. The Hall–Kier alpha value is -3.07. The van der Waals surface area contributed by atoms with E-state index in [1.165, 1.54) is 16.7 Å². The number of rotatable bonds is 7. The molecular formula is C28H34N2O. The largest absolute Gasteiger partial charge is 0.378 e. The summed E-state index contributed by atoms with van der Waals surface area (Å²) in [5.74, 6) is 0.139. The molecule has 3 heteroatoms. The number of benzene rings is 3. The van der Waals surface area contributed by atoms with Crippen LogP contribution in [0.4, 0.5) is 5.69 Å². The summed E-state index contributed by atoms with van der Waals surface area (Å²) in [6, 6.07) is 25.2. The molecular weight excluding hydrogens is 380 g/mol. The summed E-state index contributed by atoms with van der Waals surface area (Å²) < 4.78 is 0. The van der Waals surface area contributed by atoms with E-state index in [-0.39, 0.29) is 11.5 Å². The van der Waals surface area contributed by atoms with Crippen LogP contribution in [0.5, 0.6) is 0 Å². The number of nitrogens with two attached hydrogens (primary N) is 1. The lowest BCUT2D eigenvalue weighted by Gasteiger charge is -2.23. The van der Waals surface area contributed by atoms with E-state index >= 15 is 0 Å². The van der Waals surface area contributed by atoms with Crippen molar-refractivity contribution in [3.63, 3.8) is 0 Å². The van der Waals surface area contributed by atoms with Crippen molar-refractivity contribution in [2.75, 3.05) is 5.32 Å². The predicted octanol–water partition coefficient (Wildman–Crippen LogP) is 6.95. The second-order valence-corrected chi connectivity index (χ2v) is 9.72. The smallest absolute Gasteiger partial charge is 0.248 e. The first-order chi connectivity index (χ1) is 14.6. The highest BCUT2D eigenvalue weighted by Crippen LogP contribution is 2.29. The number of carbonyl (C=O) groups excluding carboxylic acids is 1. The molecule has 0 fully saturated rings. The average Bonchev–Trinajstić information content (AvgIpc) is 2.73. The van der Waals surface area contributed by atoms with Crippen LogP contribution in [0.25, 0.3) is 11.1 Å². The number of nitrogens with one attached hydrogen (secondary N) is 1. The van der Waals surface area contributed by atoms with E-state index in [0.29, 0.717) is 11.5 Å². The molecule has 3 N–H and O–H groups in total. The Balaban J connectivity index is 1.77. The van der Waals surface area contributed by atoms with Crippen LogP contribution in [0.15, 0.2) is 72.8 Å². The maximum absolute atomic E-state index is 11.4. The number of anilines is 1. The van der Waals surface area contributed by atoms with Gasteiger partial charge in [0, 0.05) is 11.3 Å². The van der Waals surface area contributed by atoms with Gasteiger partial charge < -0.3 is 11.1 Å². The lowest BCUT2D eigenvalue weighted by atomic mass is 9.86. The molecule has 3 rings (SSSR count). The molecule has 0 aromatic heterocycles. The van der Waals surface area contributed by atoms with E-state index in [0.717, 1.165) is 17.7 Å². The molecule has 3 nitrogen and oxygen atoms in total. The second kappa shape index (κ2) is 9.38. The maximum atomic E-state index is 11.4. The fourth-order valence-electron chi connectivity index (χ4n) is 3.75. The standard InChI is InChI=1S/C28H34N2O/c1-19(2)18-26(22-6-8-23(9-7-22)27(29)31)30-25-16-12-21(13-17-25)20-10-14-24(15-11-20)28(3,4)5/h6-17,19,26,30H,18H2,1-5H3,(H2,29,31). The molecule has 3 aromatic rings. The van der Waals surface area contributed by atoms with Gasteiger partial charge in [-0.2, -0.15) is 0 Å². The van der Waals surface area contributed by atoms with Crippen molar-refractivity contribution < 1.29 is 4.79 Å². The topological polar surface area (TPSA) is 55.1 Å². The van der Waals surface area contributed by atoms with E-state index in [9.17, 15) is 4.79 Å². The van der Waals surface area contributed by atoms with Gasteiger partial charge in [0.25, 0.3) is 0 Å². The Bertz CT molecular complexity index is 995. The van der Waals surface area contributed by atoms with Gasteiger partial charge in [0.15, 0.2) is 0 Å². The zero-order chi connectivity index (χ0) is 22.6. The number of carbonyl (C=O) groups is 1. The predicted molar refractivity (Wildman–Crippen MR) is 131 cm³/mol. The highest BCUT2D eigenvalue weighted by molar-refractivity contribution is 5.92. The van der Waals surface area contributed by atoms with Gasteiger partial charge in [-0.1, -0.05) is 83.1 Å². The number of hydrogen-bond acceptors (Lipinski definition) is 2. The summed E-state index contributed by atoms with van der Waals surface area (Å²) in [5, 5.41) is 3.67. The van der Waals surface area contributed by atoms with E-state index < -0.39 is 5.91 Å². The van der Waals surface area contributed by atoms with Gasteiger partial charge in [0.2, 0.25) is 5.91 Å². The van der Waals surface area contributed by atoms with Crippen LogP contribution in [0, 0.1) is 5.92 Å². The Morgan fingerprint density at radius 3 is 1.81 bits per heavy atom. The zero-order valence-corrected chi connectivity index (χ0v) is 19.3. The van der Waals surface area contributed by atoms with Gasteiger partial charge >= 0.3 is 0 Å². The molecule has 0 aliphatic carbocycles. The lowest BCUT2D eigenvalue weighted by Crippen LogP contribution is -2.15. The van der Waals surface area contributed by atoms with Crippen molar-refractivity contribution in [2.45, 2.75) is 52.5 Å². The summed E-state index contributed by atoms with van der Waals surface area (Å²) in [4.78, 5) is 11.4. The minimum atomic E-state index is -0.397. The third-order valence-electron chi connectivity index (χ3n) is 5.61. The van der Waals surface area contributed by atoms with Crippen LogP contribution in [0.3, 0.4) is 0 Å². The molecule has 0 aliphatic heterocycles. The molecule has 1 amide bonds. The summed E-state index contributed by atoms with van der Waals surface area (Å²) in [6.07, 6.45) is 0.992. The summed E-state index contributed by atoms with van der Waals surface area (Å²) in [6.45, 7) is 11.1. The summed E-state index contributed by atoms with van der Waals surface area (Å²) in [5.41, 5.74) is 12.1. The Kier molecular flexibility index (Phi) is 6.84. The van der Waals surface area contributed by atoms with Gasteiger partial charge in [-0.15, -0.1) is 0 Å². The van der Waals surface area contributed by atoms with Crippen molar-refractivity contribution in [1.82, 2.24) is 0 Å². The van der Waals surface area contributed by atoms with Gasteiger partial charge in [-0.05, 0) is 64.3 Å². The lowest BCUT2D eigenvalue weighted by molar-refractivity contribution is 0.100. The highest BCUT2D eigenvalue weighted by Gasteiger charge is 2.15. The molecule has 0 saturated carbocycles. The van der Waals surface area contributed by atoms with Crippen LogP contribution in [-0.2, 0) is 5.41 Å². The third kappa shape index (κ3) is 5.97. The Labute approximate surface area is 186 Å². The normalized spacial score (nSPS) is 12.6. The van der Waals surface area contributed by atoms with E-state index in [1.807, 2.05) is 12.1 Å². The minimum absolute atomic E-state index is 0.160. The first-order valence-corrected chi connectivity index (χ1v) is 11.0. The van der Waals surface area contributed by atoms with Crippen LogP contribution < -0.4 is 11.1 Å². The SMILES string of the molecule is CC(C)CC(Nc1ccc(-c2ccc(C(C)(C)C)cc2)cc1)c1ccc(C(N)=O)cc1. The van der Waals surface area contributed by atoms with E-state index in [2.05, 4.69) is 88.5 Å². The monoisotopic (exact) mass is 414 g/mol. The zero-order valence-electron chi connectivity index (χ0n) is 19.3. The van der Waals surface area contributed by atoms with Crippen LogP contribution >= 0.6 is 0 Å². The molecule has 0 heterocycles. The molecule has 31 heavy (non-hydrogen) atoms. The number of primary amides is 1. The summed E-state index contributed by atoms with van der Waals surface area (Å²) >= 11 is 0. The molecule has 0 aliphatic rings. The minimum Gasteiger partial charge on any atom is -0.378 e. The third-order valence-corrected chi connectivity index (χ3v) is 5.61. The highest BCUT2D eigenvalue weighted by atomic mass is 16.1. The van der Waals surface area contributed by atoms with Gasteiger partial charge in [-0.25, -0.2) is 0 Å². The van der Waals surface area contributed by atoms with Crippen molar-refractivity contribution in [1.29, 1.82) is 0 Å². The Morgan fingerprint density at radius 2 is 1.35 bits per heavy atom. The quantitative estimate of drug-likeness (QED) is 0.439. The Morgan fingerprint density at radius 1 is 0.839 bits per heavy atom. The van der Waals surface area contributed by atoms with Crippen LogP contribution in [0.1, 0.15) is 68.6 Å². The first-order valence-electron chi connectivity index (χ1n) is 11.0. The van der Waals surface area contributed by atoms with Gasteiger partial charge in [-0.3, -0.25) is 4.79 Å². The molecule has 0 spiro atoms. The average molecular weight is 415 g/mol. The van der Waals surface area contributed by atoms with Gasteiger partial charge in [0.05, 0.1) is 6.04 Å². The fourth-order valence-corrected chi connectivity index (χ4v) is 3.75. The maximum Gasteiger partial charge on any atom is 0.248 e. The van der Waals surface area contributed by atoms with Crippen LogP contribution in [-0.4, -0.2) is 5.91 Å². The van der Waals surface area contributed by atoms with Crippen molar-refractivity contribution in [2.24, 2.45) is 11.7 Å². The molecule has 1 unspecified atom stereocenters. The fraction of sp³-hybridized carbons (Fsp3) is 0.321. The summed E-state index contributed by atoms with van der Waals surface area (Å²) in [7, 11) is 0. The van der Waals surface area contributed by atoms with Crippen molar-refractivity contribution in [3.05, 3.63) is 89.5 Å². The van der Waals surface area contributed by atoms with Crippen molar-refractivity contribution >= 4 is 11.6 Å². The number of amides is 1. The van der Waals surface area contributed by atoms with Crippen molar-refractivity contribution in [3.8, 4) is 11.1 Å². The first kappa shape index (κ1) is 22.6. The second-order valence-electron chi connectivity index (χ2n) is 9.72. The van der Waals surface area contributed by atoms with Crippen LogP contribution in [0.2, 0.25) is 0 Å². The molecule has 162 valence electrons. The van der Waals surface area contributed by atoms with Gasteiger partial charge in [0.1, 0.15) is 0 Å². The number of hydrogen-bond donors (Lipinski definition) is 2. The molecule has 3 aromatic carbocycles.